The number of hydrogen-bond donors (Lipinski definition) is 3. The van der Waals surface area contributed by atoms with Gasteiger partial charge in [-0.15, -0.1) is 0 Å². The molecule has 2 aromatic heterocycles. The van der Waals surface area contributed by atoms with Crippen molar-refractivity contribution in [2.75, 3.05) is 82.9 Å². The Morgan fingerprint density at radius 1 is 0.724 bits per heavy atom. The zero-order valence-corrected chi connectivity index (χ0v) is 32.9. The molecule has 4 heterocycles. The maximum atomic E-state index is 14.9. The van der Waals surface area contributed by atoms with Crippen LogP contribution < -0.4 is 16.4 Å². The predicted octanol–water partition coefficient (Wildman–Crippen LogP) is 5.71. The average Bonchev–Trinajstić information content (AvgIpc) is 3.23. The number of benzene rings is 2. The van der Waals surface area contributed by atoms with Crippen LogP contribution in [0.5, 0.6) is 0 Å². The second-order valence-corrected chi connectivity index (χ2v) is 13.2. The number of aryl methyl sites for hydroxylation is 2. The van der Waals surface area contributed by atoms with Gasteiger partial charge in [0.15, 0.2) is 11.6 Å². The summed E-state index contributed by atoms with van der Waals surface area (Å²) < 4.78 is 38.0. The lowest BCUT2D eigenvalue weighted by molar-refractivity contribution is 0.0880. The number of nitrogens with zero attached hydrogens (tertiary/aromatic N) is 7. The molecule has 6 rings (SSSR count). The number of nitrogens with one attached hydrogen (secondary N) is 2. The molecule has 2 aromatic carbocycles. The number of nitrogens with two attached hydrogens (primary N) is 1. The van der Waals surface area contributed by atoms with Crippen molar-refractivity contribution in [3.8, 4) is 0 Å². The summed E-state index contributed by atoms with van der Waals surface area (Å²) >= 11 is 0. The van der Waals surface area contributed by atoms with E-state index in [2.05, 4.69) is 40.1 Å². The fraction of sp³-hybridized carbons (Fsp3) is 0.350. The molecule has 2 saturated heterocycles. The molecule has 4 aromatic rings. The maximum Gasteiger partial charge on any atom is 0.409 e. The van der Waals surface area contributed by atoms with Crippen molar-refractivity contribution in [2.45, 2.75) is 26.9 Å². The van der Waals surface area contributed by atoms with Crippen LogP contribution in [0.1, 0.15) is 22.5 Å². The first-order valence-corrected chi connectivity index (χ1v) is 18.3. The molecule has 2 aliphatic rings. The lowest BCUT2D eigenvalue weighted by atomic mass is 10.1. The molecule has 18 heteroatoms. The summed E-state index contributed by atoms with van der Waals surface area (Å²) in [5.41, 5.74) is 9.69. The van der Waals surface area contributed by atoms with Gasteiger partial charge in [0.2, 0.25) is 6.08 Å². The highest BCUT2D eigenvalue weighted by molar-refractivity contribution is 5.99. The number of pyridine rings is 2. The number of nitrogen functional groups attached to an aromatic ring is 1. The van der Waals surface area contributed by atoms with Gasteiger partial charge in [0.05, 0.1) is 49.4 Å². The second-order valence-electron chi connectivity index (χ2n) is 13.2. The molecule has 0 unspecified atom stereocenters. The van der Waals surface area contributed by atoms with Crippen LogP contribution in [0, 0.1) is 25.5 Å². The van der Waals surface area contributed by atoms with E-state index in [9.17, 15) is 28.0 Å². The average molecular weight is 803 g/mol. The van der Waals surface area contributed by atoms with E-state index in [1.165, 1.54) is 38.8 Å². The topological polar surface area (TPSA) is 188 Å². The zero-order chi connectivity index (χ0) is 42.0. The fourth-order valence-electron chi connectivity index (χ4n) is 5.84. The molecule has 2 aliphatic heterocycles. The Morgan fingerprint density at radius 2 is 1.24 bits per heavy atom. The van der Waals surface area contributed by atoms with E-state index < -0.39 is 11.8 Å². The first-order valence-electron chi connectivity index (χ1n) is 18.3. The minimum atomic E-state index is -0.543. The predicted molar refractivity (Wildman–Crippen MR) is 214 cm³/mol. The monoisotopic (exact) mass is 802 g/mol. The number of anilines is 3. The Balaban J connectivity index is 0.000000218. The highest BCUT2D eigenvalue weighted by Gasteiger charge is 2.24. The van der Waals surface area contributed by atoms with Gasteiger partial charge in [0.1, 0.15) is 0 Å². The molecular formula is C40H48F2N10O6. The van der Waals surface area contributed by atoms with Crippen molar-refractivity contribution in [2.24, 2.45) is 4.99 Å². The summed E-state index contributed by atoms with van der Waals surface area (Å²) in [5.74, 6) is -0.821. The van der Waals surface area contributed by atoms with Gasteiger partial charge < -0.3 is 35.6 Å². The zero-order valence-electron chi connectivity index (χ0n) is 32.9. The largest absolute Gasteiger partial charge is 0.453 e. The standard InChI is InChI=1S/C20H24FN5O3.C13H18FN3O2.C7H6N2O/c1-14-6-7-16(12-22-14)23-19(27)24-17-5-3-4-15(18(17)21)13-25-8-10-26(11-9-25)20(28)29-2;1-19-13(18)17-7-5-16(6-8-17)9-10-3-2-4-11(15)12(10)14;1-6-2-3-7(4-8-6)9-5-10/h3-7,12H,8-11,13H2,1-2H3,(H2,23,24,27);2-4H,5-9,15H2,1H3;2-4H,1H3. The van der Waals surface area contributed by atoms with Crippen molar-refractivity contribution >= 4 is 47.0 Å². The molecule has 0 aliphatic carbocycles. The highest BCUT2D eigenvalue weighted by atomic mass is 19.1. The van der Waals surface area contributed by atoms with Crippen LogP contribution in [-0.2, 0) is 27.4 Å². The molecule has 4 amide bonds. The lowest BCUT2D eigenvalue weighted by Crippen LogP contribution is -2.48. The summed E-state index contributed by atoms with van der Waals surface area (Å²) in [6.45, 7) is 9.48. The molecule has 16 nitrogen and oxygen atoms in total. The number of carbonyl (C=O) groups excluding carboxylic acids is 4. The van der Waals surface area contributed by atoms with Crippen LogP contribution in [-0.4, -0.2) is 120 Å². The minimum Gasteiger partial charge on any atom is -0.453 e. The number of amides is 4. The SMILES string of the molecule is COC(=O)N1CCN(Cc2cccc(N)c2F)CC1.COC(=O)N1CCN(Cc2cccc(NC(=O)Nc3ccc(C)nc3)c2F)CC1.Cc1ccc(N=C=O)cn1. The molecule has 0 bridgehead atoms. The number of hydrogen-bond acceptors (Lipinski definition) is 12. The van der Waals surface area contributed by atoms with E-state index in [-0.39, 0.29) is 29.4 Å². The fourth-order valence-corrected chi connectivity index (χ4v) is 5.84. The Bertz CT molecular complexity index is 2020. The normalized spacial score (nSPS) is 14.0. The quantitative estimate of drug-likeness (QED) is 0.118. The summed E-state index contributed by atoms with van der Waals surface area (Å²) in [4.78, 5) is 63.6. The number of aromatic nitrogens is 2. The van der Waals surface area contributed by atoms with Gasteiger partial charge in [-0.2, -0.15) is 4.99 Å². The Hall–Kier alpha value is -6.49. The third-order valence-corrected chi connectivity index (χ3v) is 9.07. The number of rotatable bonds is 7. The number of urea groups is 1. The van der Waals surface area contributed by atoms with E-state index >= 15 is 0 Å². The summed E-state index contributed by atoms with van der Waals surface area (Å²) in [7, 11) is 2.73. The van der Waals surface area contributed by atoms with E-state index in [1.54, 1.807) is 64.4 Å². The second kappa shape index (κ2) is 22.3. The van der Waals surface area contributed by atoms with Gasteiger partial charge in [-0.3, -0.25) is 19.8 Å². The highest BCUT2D eigenvalue weighted by Crippen LogP contribution is 2.21. The van der Waals surface area contributed by atoms with Crippen LogP contribution >= 0.6 is 0 Å². The molecule has 308 valence electrons. The summed E-state index contributed by atoms with van der Waals surface area (Å²) in [5, 5.41) is 5.17. The number of piperazine rings is 2. The molecule has 0 radical (unpaired) electrons. The number of methoxy groups -OCH3 is 2. The Kier molecular flexibility index (Phi) is 17.0. The Morgan fingerprint density at radius 3 is 1.72 bits per heavy atom. The number of halogens is 2. The third-order valence-electron chi connectivity index (χ3n) is 9.07. The van der Waals surface area contributed by atoms with Crippen LogP contribution in [0.25, 0.3) is 0 Å². The summed E-state index contributed by atoms with van der Waals surface area (Å²) in [6.07, 6.45) is 3.84. The molecular weight excluding hydrogens is 754 g/mol. The van der Waals surface area contributed by atoms with E-state index in [4.69, 9.17) is 10.5 Å². The number of isocyanates is 1. The number of carbonyl (C=O) groups is 3. The van der Waals surface area contributed by atoms with Crippen LogP contribution in [0.4, 0.5) is 45.9 Å². The van der Waals surface area contributed by atoms with E-state index in [0.29, 0.717) is 87.9 Å². The Labute approximate surface area is 335 Å². The maximum absolute atomic E-state index is 14.9. The van der Waals surface area contributed by atoms with Gasteiger partial charge >= 0.3 is 18.2 Å². The van der Waals surface area contributed by atoms with Crippen LogP contribution in [0.2, 0.25) is 0 Å². The van der Waals surface area contributed by atoms with Gasteiger partial charge in [-0.25, -0.2) is 28.0 Å². The molecule has 0 atom stereocenters. The molecule has 0 spiro atoms. The molecule has 2 fully saturated rings. The minimum absolute atomic E-state index is 0.105. The van der Waals surface area contributed by atoms with Crippen molar-refractivity contribution in [1.82, 2.24) is 29.6 Å². The van der Waals surface area contributed by atoms with Crippen LogP contribution in [0.15, 0.2) is 78.0 Å². The van der Waals surface area contributed by atoms with Crippen molar-refractivity contribution in [3.63, 3.8) is 0 Å². The molecule has 58 heavy (non-hydrogen) atoms. The number of aliphatic imine (C=N–C) groups is 1. The lowest BCUT2D eigenvalue weighted by Gasteiger charge is -2.33. The van der Waals surface area contributed by atoms with Crippen molar-refractivity contribution in [1.29, 1.82) is 0 Å². The van der Waals surface area contributed by atoms with Gasteiger partial charge in [-0.05, 0) is 50.2 Å². The third kappa shape index (κ3) is 13.6. The first kappa shape index (κ1) is 44.2. The van der Waals surface area contributed by atoms with Crippen LogP contribution in [0.3, 0.4) is 0 Å². The van der Waals surface area contributed by atoms with Gasteiger partial charge in [0.25, 0.3) is 0 Å². The van der Waals surface area contributed by atoms with Crippen molar-refractivity contribution in [3.05, 3.63) is 107 Å². The smallest absolute Gasteiger partial charge is 0.409 e. The summed E-state index contributed by atoms with van der Waals surface area (Å²) in [6, 6.07) is 16.4. The van der Waals surface area contributed by atoms with E-state index in [0.717, 1.165) is 11.4 Å². The van der Waals surface area contributed by atoms with Gasteiger partial charge in [-0.1, -0.05) is 24.3 Å². The van der Waals surface area contributed by atoms with Crippen molar-refractivity contribution < 1.29 is 37.4 Å². The number of ether oxygens (including phenoxy) is 2. The van der Waals surface area contributed by atoms with E-state index in [1.807, 2.05) is 13.8 Å². The van der Waals surface area contributed by atoms with Gasteiger partial charge in [0, 0.05) is 88.0 Å². The first-order chi connectivity index (χ1) is 27.9. The molecule has 0 saturated carbocycles. The molecule has 4 N–H and O–H groups in total.